The molecule has 0 amide bonds. The van der Waals surface area contributed by atoms with Gasteiger partial charge in [-0.15, -0.1) is 0 Å². The van der Waals surface area contributed by atoms with Gasteiger partial charge < -0.3 is 4.90 Å². The van der Waals surface area contributed by atoms with Crippen LogP contribution in [0.5, 0.6) is 0 Å². The minimum atomic E-state index is 1.04. The summed E-state index contributed by atoms with van der Waals surface area (Å²) < 4.78 is 0. The molecule has 2 heteroatoms. The Morgan fingerprint density at radius 2 is 1.90 bits per heavy atom. The van der Waals surface area contributed by atoms with Gasteiger partial charge in [-0.2, -0.15) is 0 Å². The Hall–Kier alpha value is -1.31. The van der Waals surface area contributed by atoms with Crippen molar-refractivity contribution < 1.29 is 0 Å². The van der Waals surface area contributed by atoms with Crippen molar-refractivity contribution in [3.63, 3.8) is 0 Å². The lowest BCUT2D eigenvalue weighted by molar-refractivity contribution is 1.27. The van der Waals surface area contributed by atoms with Crippen LogP contribution in [-0.2, 0) is 0 Å². The second-order valence-electron chi connectivity index (χ2n) is 2.08. The minimum absolute atomic E-state index is 1.04. The van der Waals surface area contributed by atoms with Gasteiger partial charge in [0.2, 0.25) is 0 Å². The van der Waals surface area contributed by atoms with Gasteiger partial charge in [-0.3, -0.25) is 5.41 Å². The molecule has 0 aliphatic rings. The van der Waals surface area contributed by atoms with Crippen LogP contribution in [0.25, 0.3) is 0 Å². The van der Waals surface area contributed by atoms with Gasteiger partial charge in [0.25, 0.3) is 0 Å². The van der Waals surface area contributed by atoms with Crippen molar-refractivity contribution >= 4 is 12.0 Å². The molecule has 1 N–H and O–H groups in total. The van der Waals surface area contributed by atoms with Crippen LogP contribution < -0.4 is 4.90 Å². The van der Waals surface area contributed by atoms with Gasteiger partial charge in [0.05, 0.1) is 6.34 Å². The number of benzene rings is 1. The summed E-state index contributed by atoms with van der Waals surface area (Å²) in [6.45, 7) is 0. The Bertz CT molecular complexity index is 206. The van der Waals surface area contributed by atoms with Crippen molar-refractivity contribution in [2.75, 3.05) is 11.9 Å². The zero-order valence-corrected chi connectivity index (χ0v) is 5.91. The monoisotopic (exact) mass is 134 g/mol. The average Bonchev–Trinajstić information content (AvgIpc) is 2.05. The van der Waals surface area contributed by atoms with Crippen LogP contribution in [-0.4, -0.2) is 13.4 Å². The van der Waals surface area contributed by atoms with Crippen LogP contribution in [0.4, 0.5) is 5.69 Å². The minimum Gasteiger partial charge on any atom is -0.336 e. The molecule has 0 unspecified atom stereocenters. The molecule has 1 aromatic carbocycles. The summed E-state index contributed by atoms with van der Waals surface area (Å²) >= 11 is 0. The maximum atomic E-state index is 6.95. The maximum Gasteiger partial charge on any atom is 0.0859 e. The molecule has 0 aromatic heterocycles. The van der Waals surface area contributed by atoms with E-state index < -0.39 is 0 Å². The molecule has 2 nitrogen and oxygen atoms in total. The Balaban J connectivity index is 2.84. The Kier molecular flexibility index (Phi) is 2.05. The first-order valence-corrected chi connectivity index (χ1v) is 3.13. The number of anilines is 1. The fraction of sp³-hybridized carbons (Fsp3) is 0.125. The summed E-state index contributed by atoms with van der Waals surface area (Å²) in [5, 5.41) is 6.95. The zero-order chi connectivity index (χ0) is 7.40. The summed E-state index contributed by atoms with van der Waals surface area (Å²) in [5.41, 5.74) is 1.04. The number of hydrogen-bond donors (Lipinski definition) is 1. The molecule has 0 saturated heterocycles. The standard InChI is InChI=1S/C8H10N2/c1-10(7-9)8-5-3-2-4-6-8/h2-7,9H,1H3. The van der Waals surface area contributed by atoms with E-state index in [1.165, 1.54) is 6.34 Å². The normalized spacial score (nSPS) is 8.90. The SMILES string of the molecule is CN(C=N)c1ccccc1. The van der Waals surface area contributed by atoms with Crippen LogP contribution in [0.2, 0.25) is 0 Å². The molecule has 0 radical (unpaired) electrons. The summed E-state index contributed by atoms with van der Waals surface area (Å²) in [6, 6.07) is 9.79. The van der Waals surface area contributed by atoms with E-state index in [9.17, 15) is 0 Å². The van der Waals surface area contributed by atoms with E-state index in [1.807, 2.05) is 37.4 Å². The third-order valence-corrected chi connectivity index (χ3v) is 1.36. The first-order chi connectivity index (χ1) is 4.84. The van der Waals surface area contributed by atoms with Crippen molar-refractivity contribution in [3.8, 4) is 0 Å². The Morgan fingerprint density at radius 1 is 1.30 bits per heavy atom. The lowest BCUT2D eigenvalue weighted by atomic mass is 10.3. The van der Waals surface area contributed by atoms with Crippen LogP contribution >= 0.6 is 0 Å². The van der Waals surface area contributed by atoms with E-state index >= 15 is 0 Å². The third kappa shape index (κ3) is 1.35. The first-order valence-electron chi connectivity index (χ1n) is 3.13. The predicted molar refractivity (Wildman–Crippen MR) is 43.6 cm³/mol. The Morgan fingerprint density at radius 3 is 2.40 bits per heavy atom. The summed E-state index contributed by atoms with van der Waals surface area (Å²) in [5.74, 6) is 0. The molecule has 52 valence electrons. The molecule has 1 rings (SSSR count). The van der Waals surface area contributed by atoms with Crippen molar-refractivity contribution in [2.45, 2.75) is 0 Å². The first kappa shape index (κ1) is 6.81. The molecule has 0 heterocycles. The smallest absolute Gasteiger partial charge is 0.0859 e. The van der Waals surface area contributed by atoms with E-state index in [0.717, 1.165) is 5.69 Å². The van der Waals surface area contributed by atoms with E-state index in [0.29, 0.717) is 0 Å². The number of para-hydroxylation sites is 1. The van der Waals surface area contributed by atoms with E-state index in [4.69, 9.17) is 5.41 Å². The highest BCUT2D eigenvalue weighted by Gasteiger charge is 1.91. The summed E-state index contributed by atoms with van der Waals surface area (Å²) in [7, 11) is 1.85. The van der Waals surface area contributed by atoms with Gasteiger partial charge in [-0.05, 0) is 12.1 Å². The van der Waals surface area contributed by atoms with Gasteiger partial charge in [0.1, 0.15) is 0 Å². The fourth-order valence-electron chi connectivity index (χ4n) is 0.738. The number of rotatable bonds is 2. The van der Waals surface area contributed by atoms with Crippen LogP contribution in [0.3, 0.4) is 0 Å². The van der Waals surface area contributed by atoms with Gasteiger partial charge in [0.15, 0.2) is 0 Å². The van der Waals surface area contributed by atoms with Crippen molar-refractivity contribution in [1.82, 2.24) is 0 Å². The lowest BCUT2D eigenvalue weighted by Gasteiger charge is -2.10. The highest BCUT2D eigenvalue weighted by atomic mass is 15.1. The number of nitrogens with zero attached hydrogens (tertiary/aromatic N) is 1. The largest absolute Gasteiger partial charge is 0.336 e. The summed E-state index contributed by atoms with van der Waals surface area (Å²) in [4.78, 5) is 1.75. The van der Waals surface area contributed by atoms with Crippen molar-refractivity contribution in [2.24, 2.45) is 0 Å². The van der Waals surface area contributed by atoms with Crippen molar-refractivity contribution in [3.05, 3.63) is 30.3 Å². The topological polar surface area (TPSA) is 27.1 Å². The predicted octanol–water partition coefficient (Wildman–Crippen LogP) is 1.73. The van der Waals surface area contributed by atoms with E-state index in [-0.39, 0.29) is 0 Å². The third-order valence-electron chi connectivity index (χ3n) is 1.36. The van der Waals surface area contributed by atoms with E-state index in [2.05, 4.69) is 0 Å². The molecule has 10 heavy (non-hydrogen) atoms. The molecule has 1 aromatic rings. The van der Waals surface area contributed by atoms with Gasteiger partial charge in [-0.25, -0.2) is 0 Å². The number of hydrogen-bond acceptors (Lipinski definition) is 1. The number of nitrogens with one attached hydrogen (secondary N) is 1. The molecule has 0 saturated carbocycles. The highest BCUT2D eigenvalue weighted by molar-refractivity contribution is 5.75. The van der Waals surface area contributed by atoms with Crippen molar-refractivity contribution in [1.29, 1.82) is 5.41 Å². The second-order valence-corrected chi connectivity index (χ2v) is 2.08. The van der Waals surface area contributed by atoms with Crippen LogP contribution in [0.15, 0.2) is 30.3 Å². The van der Waals surface area contributed by atoms with Gasteiger partial charge >= 0.3 is 0 Å². The van der Waals surface area contributed by atoms with Crippen LogP contribution in [0, 0.1) is 5.41 Å². The molecule has 0 bridgehead atoms. The zero-order valence-electron chi connectivity index (χ0n) is 5.91. The van der Waals surface area contributed by atoms with Gasteiger partial charge in [0, 0.05) is 12.7 Å². The molecular weight excluding hydrogens is 124 g/mol. The fourth-order valence-corrected chi connectivity index (χ4v) is 0.738. The average molecular weight is 134 g/mol. The lowest BCUT2D eigenvalue weighted by Crippen LogP contribution is -2.12. The molecule has 0 aliphatic heterocycles. The van der Waals surface area contributed by atoms with Crippen LogP contribution in [0.1, 0.15) is 0 Å². The molecule has 0 aliphatic carbocycles. The second kappa shape index (κ2) is 3.01. The molecule has 0 fully saturated rings. The van der Waals surface area contributed by atoms with E-state index in [1.54, 1.807) is 4.90 Å². The van der Waals surface area contributed by atoms with Gasteiger partial charge in [-0.1, -0.05) is 18.2 Å². The quantitative estimate of drug-likeness (QED) is 0.484. The highest BCUT2D eigenvalue weighted by Crippen LogP contribution is 2.07. The Labute approximate surface area is 60.6 Å². The maximum absolute atomic E-state index is 6.95. The molecule has 0 spiro atoms. The molecule has 0 atom stereocenters. The molecular formula is C8H10N2. The summed E-state index contributed by atoms with van der Waals surface area (Å²) in [6.07, 6.45) is 1.29.